The number of ether oxygens (including phenoxy) is 1. The van der Waals surface area contributed by atoms with Crippen LogP contribution >= 0.6 is 0 Å². The second-order valence-electron chi connectivity index (χ2n) is 5.87. The van der Waals surface area contributed by atoms with Crippen LogP contribution in [0.1, 0.15) is 28.9 Å². The summed E-state index contributed by atoms with van der Waals surface area (Å²) in [6.07, 6.45) is 2.04. The Morgan fingerprint density at radius 1 is 1.17 bits per heavy atom. The largest absolute Gasteiger partial charge is 0.496 e. The van der Waals surface area contributed by atoms with E-state index in [9.17, 15) is 4.79 Å². The highest BCUT2D eigenvalue weighted by Crippen LogP contribution is 2.18. The average molecular weight is 314 g/mol. The number of rotatable bonds is 7. The Balaban J connectivity index is 1.78. The number of benzene rings is 1. The van der Waals surface area contributed by atoms with Gasteiger partial charge in [0.25, 0.3) is 0 Å². The smallest absolute Gasteiger partial charge is 0.220 e. The number of aryl methyl sites for hydroxylation is 2. The number of para-hydroxylation sites is 1. The zero-order chi connectivity index (χ0) is 16.8. The number of aromatic nitrogens is 1. The van der Waals surface area contributed by atoms with Gasteiger partial charge in [0, 0.05) is 31.4 Å². The van der Waals surface area contributed by atoms with Crippen LogP contribution in [0.4, 0.5) is 0 Å². The minimum absolute atomic E-state index is 0.0845. The Labute approximate surface area is 138 Å². The summed E-state index contributed by atoms with van der Waals surface area (Å²) in [6.45, 7) is 4.89. The Morgan fingerprint density at radius 2 is 1.91 bits per heavy atom. The molecule has 0 aliphatic heterocycles. The third-order valence-corrected chi connectivity index (χ3v) is 4.41. The van der Waals surface area contributed by atoms with Gasteiger partial charge in [-0.05, 0) is 49.9 Å². The van der Waals surface area contributed by atoms with E-state index in [1.54, 1.807) is 7.11 Å². The number of carbonyl (C=O) groups is 1. The molecule has 2 aromatic rings. The molecule has 1 aromatic heterocycles. The summed E-state index contributed by atoms with van der Waals surface area (Å²) in [4.78, 5) is 12.0. The van der Waals surface area contributed by atoms with Gasteiger partial charge in [0.2, 0.25) is 5.91 Å². The van der Waals surface area contributed by atoms with Gasteiger partial charge in [0.15, 0.2) is 0 Å². The standard InChI is InChI=1S/C19H26N2O2/c1-14-13-17(15(2)21(14)3)11-12-20-19(22)10-9-16-7-5-6-8-18(16)23-4/h5-8,13H,9-12H2,1-4H3,(H,20,22). The van der Waals surface area contributed by atoms with E-state index in [1.165, 1.54) is 17.0 Å². The number of hydrogen-bond acceptors (Lipinski definition) is 2. The van der Waals surface area contributed by atoms with Gasteiger partial charge >= 0.3 is 0 Å². The lowest BCUT2D eigenvalue weighted by Gasteiger charge is -2.09. The Bertz CT molecular complexity index is 674. The summed E-state index contributed by atoms with van der Waals surface area (Å²) >= 11 is 0. The van der Waals surface area contributed by atoms with Crippen LogP contribution < -0.4 is 10.1 Å². The second-order valence-corrected chi connectivity index (χ2v) is 5.87. The van der Waals surface area contributed by atoms with Crippen molar-refractivity contribution < 1.29 is 9.53 Å². The summed E-state index contributed by atoms with van der Waals surface area (Å²) in [6, 6.07) is 10.0. The van der Waals surface area contributed by atoms with E-state index in [0.29, 0.717) is 19.4 Å². The van der Waals surface area contributed by atoms with Crippen molar-refractivity contribution >= 4 is 5.91 Å². The van der Waals surface area contributed by atoms with Crippen LogP contribution in [0.2, 0.25) is 0 Å². The van der Waals surface area contributed by atoms with Crippen LogP contribution in [-0.2, 0) is 24.7 Å². The van der Waals surface area contributed by atoms with E-state index >= 15 is 0 Å². The lowest BCUT2D eigenvalue weighted by Crippen LogP contribution is -2.26. The van der Waals surface area contributed by atoms with E-state index in [0.717, 1.165) is 17.7 Å². The topological polar surface area (TPSA) is 43.3 Å². The fourth-order valence-corrected chi connectivity index (χ4v) is 2.77. The summed E-state index contributed by atoms with van der Waals surface area (Å²) in [5, 5.41) is 3.01. The molecule has 0 spiro atoms. The molecule has 1 amide bonds. The maximum absolute atomic E-state index is 12.0. The quantitative estimate of drug-likeness (QED) is 0.854. The molecule has 1 aromatic carbocycles. The molecule has 4 nitrogen and oxygen atoms in total. The first-order valence-electron chi connectivity index (χ1n) is 8.03. The summed E-state index contributed by atoms with van der Waals surface area (Å²) in [7, 11) is 3.73. The minimum Gasteiger partial charge on any atom is -0.496 e. The molecule has 0 radical (unpaired) electrons. The monoisotopic (exact) mass is 314 g/mol. The molecule has 0 aliphatic rings. The van der Waals surface area contributed by atoms with Crippen LogP contribution in [0, 0.1) is 13.8 Å². The van der Waals surface area contributed by atoms with Crippen molar-refractivity contribution in [1.82, 2.24) is 9.88 Å². The molecule has 0 saturated carbocycles. The first-order valence-corrected chi connectivity index (χ1v) is 8.03. The Kier molecular flexibility index (Phi) is 5.85. The fourth-order valence-electron chi connectivity index (χ4n) is 2.77. The molecular formula is C19H26N2O2. The second kappa shape index (κ2) is 7.86. The van der Waals surface area contributed by atoms with Gasteiger partial charge < -0.3 is 14.6 Å². The zero-order valence-electron chi connectivity index (χ0n) is 14.5. The lowest BCUT2D eigenvalue weighted by atomic mass is 10.1. The number of nitrogens with one attached hydrogen (secondary N) is 1. The summed E-state index contributed by atoms with van der Waals surface area (Å²) in [5.41, 5.74) is 4.89. The van der Waals surface area contributed by atoms with Crippen LogP contribution in [0.5, 0.6) is 5.75 Å². The Hall–Kier alpha value is -2.23. The van der Waals surface area contributed by atoms with E-state index in [1.807, 2.05) is 24.3 Å². The maximum atomic E-state index is 12.0. The SMILES string of the molecule is COc1ccccc1CCC(=O)NCCc1cc(C)n(C)c1C. The molecule has 23 heavy (non-hydrogen) atoms. The first kappa shape index (κ1) is 17.1. The maximum Gasteiger partial charge on any atom is 0.220 e. The molecule has 2 rings (SSSR count). The highest BCUT2D eigenvalue weighted by Gasteiger charge is 2.08. The molecular weight excluding hydrogens is 288 g/mol. The predicted molar refractivity (Wildman–Crippen MR) is 92.9 cm³/mol. The van der Waals surface area contributed by atoms with Crippen molar-refractivity contribution in [3.8, 4) is 5.75 Å². The van der Waals surface area contributed by atoms with Crippen LogP contribution in [0.3, 0.4) is 0 Å². The zero-order valence-corrected chi connectivity index (χ0v) is 14.5. The average Bonchev–Trinajstić information content (AvgIpc) is 2.80. The number of carbonyl (C=O) groups excluding carboxylic acids is 1. The number of amides is 1. The van der Waals surface area contributed by atoms with Crippen molar-refractivity contribution in [3.05, 3.63) is 52.8 Å². The van der Waals surface area contributed by atoms with Crippen molar-refractivity contribution in [2.75, 3.05) is 13.7 Å². The molecule has 1 N–H and O–H groups in total. The molecule has 0 unspecified atom stereocenters. The number of nitrogens with zero attached hydrogens (tertiary/aromatic N) is 1. The van der Waals surface area contributed by atoms with Crippen LogP contribution in [-0.4, -0.2) is 24.1 Å². The minimum atomic E-state index is 0.0845. The van der Waals surface area contributed by atoms with Gasteiger partial charge in [-0.1, -0.05) is 18.2 Å². The molecule has 0 atom stereocenters. The highest BCUT2D eigenvalue weighted by molar-refractivity contribution is 5.76. The predicted octanol–water partition coefficient (Wildman–Crippen LogP) is 2.94. The molecule has 124 valence electrons. The van der Waals surface area contributed by atoms with Gasteiger partial charge in [0.05, 0.1) is 7.11 Å². The highest BCUT2D eigenvalue weighted by atomic mass is 16.5. The molecule has 1 heterocycles. The summed E-state index contributed by atoms with van der Waals surface area (Å²) in [5.74, 6) is 0.928. The number of hydrogen-bond donors (Lipinski definition) is 1. The molecule has 0 aliphatic carbocycles. The van der Waals surface area contributed by atoms with Crippen molar-refractivity contribution in [2.45, 2.75) is 33.1 Å². The van der Waals surface area contributed by atoms with Gasteiger partial charge in [-0.3, -0.25) is 4.79 Å². The third kappa shape index (κ3) is 4.38. The number of methoxy groups -OCH3 is 1. The third-order valence-electron chi connectivity index (χ3n) is 4.41. The molecule has 4 heteroatoms. The van der Waals surface area contributed by atoms with E-state index in [-0.39, 0.29) is 5.91 Å². The molecule has 0 saturated heterocycles. The van der Waals surface area contributed by atoms with E-state index in [2.05, 4.69) is 36.8 Å². The van der Waals surface area contributed by atoms with Crippen LogP contribution in [0.15, 0.2) is 30.3 Å². The van der Waals surface area contributed by atoms with Crippen LogP contribution in [0.25, 0.3) is 0 Å². The Morgan fingerprint density at radius 3 is 2.57 bits per heavy atom. The normalized spacial score (nSPS) is 10.6. The van der Waals surface area contributed by atoms with Crippen molar-refractivity contribution in [3.63, 3.8) is 0 Å². The first-order chi connectivity index (χ1) is 11.0. The van der Waals surface area contributed by atoms with E-state index in [4.69, 9.17) is 4.74 Å². The van der Waals surface area contributed by atoms with Crippen molar-refractivity contribution in [2.24, 2.45) is 7.05 Å². The van der Waals surface area contributed by atoms with Gasteiger partial charge in [-0.2, -0.15) is 0 Å². The molecule has 0 bridgehead atoms. The van der Waals surface area contributed by atoms with Gasteiger partial charge in [0.1, 0.15) is 5.75 Å². The van der Waals surface area contributed by atoms with E-state index < -0.39 is 0 Å². The molecule has 0 fully saturated rings. The van der Waals surface area contributed by atoms with Crippen molar-refractivity contribution in [1.29, 1.82) is 0 Å². The summed E-state index contributed by atoms with van der Waals surface area (Å²) < 4.78 is 7.49. The fraction of sp³-hybridized carbons (Fsp3) is 0.421. The van der Waals surface area contributed by atoms with Gasteiger partial charge in [-0.15, -0.1) is 0 Å². The lowest BCUT2D eigenvalue weighted by molar-refractivity contribution is -0.121. The van der Waals surface area contributed by atoms with Gasteiger partial charge in [-0.25, -0.2) is 0 Å².